The van der Waals surface area contributed by atoms with Gasteiger partial charge in [-0.2, -0.15) is 10.2 Å². The summed E-state index contributed by atoms with van der Waals surface area (Å²) in [6.07, 6.45) is 3.68. The summed E-state index contributed by atoms with van der Waals surface area (Å²) >= 11 is 5.68. The van der Waals surface area contributed by atoms with Gasteiger partial charge in [-0.3, -0.25) is 9.58 Å². The molecular formula is C27H30FN7S. The van der Waals surface area contributed by atoms with Gasteiger partial charge in [0.1, 0.15) is 5.82 Å². The van der Waals surface area contributed by atoms with Gasteiger partial charge in [-0.25, -0.2) is 9.07 Å². The number of halogens is 1. The van der Waals surface area contributed by atoms with E-state index in [1.165, 1.54) is 23.4 Å². The molecule has 36 heavy (non-hydrogen) atoms. The lowest BCUT2D eigenvalue weighted by atomic mass is 10.1. The van der Waals surface area contributed by atoms with Gasteiger partial charge in [0.05, 0.1) is 29.8 Å². The van der Waals surface area contributed by atoms with Crippen LogP contribution in [0.5, 0.6) is 0 Å². The van der Waals surface area contributed by atoms with E-state index in [0.29, 0.717) is 11.7 Å². The summed E-state index contributed by atoms with van der Waals surface area (Å²) in [6, 6.07) is 16.7. The summed E-state index contributed by atoms with van der Waals surface area (Å²) < 4.78 is 17.0. The number of aromatic nitrogens is 4. The molecule has 0 unspecified atom stereocenters. The second-order valence-corrected chi connectivity index (χ2v) is 9.53. The SMILES string of the molecule is Cc1nn(-c2ccccc2)c(C)c1CN1CCN(C(=S)Nc2cnn(Cc3ccc(F)cc3)c2)CC1. The van der Waals surface area contributed by atoms with E-state index in [1.54, 1.807) is 18.3 Å². The summed E-state index contributed by atoms with van der Waals surface area (Å²) in [5.74, 6) is -0.237. The minimum absolute atomic E-state index is 0.237. The summed E-state index contributed by atoms with van der Waals surface area (Å²) in [7, 11) is 0. The van der Waals surface area contributed by atoms with Crippen LogP contribution < -0.4 is 5.32 Å². The Morgan fingerprint density at radius 2 is 1.69 bits per heavy atom. The molecule has 0 saturated carbocycles. The number of piperazine rings is 1. The first kappa shape index (κ1) is 24.1. The number of anilines is 1. The molecule has 5 rings (SSSR count). The first-order valence-corrected chi connectivity index (χ1v) is 12.5. The number of benzene rings is 2. The van der Waals surface area contributed by atoms with Crippen LogP contribution in [-0.4, -0.2) is 60.7 Å². The van der Waals surface area contributed by atoms with Crippen LogP contribution in [0, 0.1) is 19.7 Å². The Morgan fingerprint density at radius 1 is 0.972 bits per heavy atom. The van der Waals surface area contributed by atoms with Crippen molar-refractivity contribution in [3.8, 4) is 5.69 Å². The van der Waals surface area contributed by atoms with Crippen molar-refractivity contribution in [2.45, 2.75) is 26.9 Å². The smallest absolute Gasteiger partial charge is 0.173 e. The fourth-order valence-electron chi connectivity index (χ4n) is 4.55. The molecule has 1 fully saturated rings. The van der Waals surface area contributed by atoms with Gasteiger partial charge in [0.15, 0.2) is 5.11 Å². The van der Waals surface area contributed by atoms with Gasteiger partial charge >= 0.3 is 0 Å². The van der Waals surface area contributed by atoms with Gasteiger partial charge in [0, 0.05) is 50.2 Å². The molecule has 2 aromatic carbocycles. The fourth-order valence-corrected chi connectivity index (χ4v) is 4.85. The van der Waals surface area contributed by atoms with Gasteiger partial charge in [0.2, 0.25) is 0 Å². The van der Waals surface area contributed by atoms with Gasteiger partial charge in [-0.15, -0.1) is 0 Å². The third kappa shape index (κ3) is 5.47. The quantitative estimate of drug-likeness (QED) is 0.394. The average Bonchev–Trinajstić information content (AvgIpc) is 3.45. The fraction of sp³-hybridized carbons (Fsp3) is 0.296. The van der Waals surface area contributed by atoms with Crippen LogP contribution in [0.4, 0.5) is 10.1 Å². The second kappa shape index (κ2) is 10.6. The number of rotatable bonds is 6. The van der Waals surface area contributed by atoms with Crippen molar-refractivity contribution < 1.29 is 4.39 Å². The van der Waals surface area contributed by atoms with Crippen molar-refractivity contribution in [3.05, 3.63) is 95.3 Å². The molecule has 2 aromatic heterocycles. The van der Waals surface area contributed by atoms with Crippen molar-refractivity contribution in [1.29, 1.82) is 0 Å². The molecule has 0 amide bonds. The summed E-state index contributed by atoms with van der Waals surface area (Å²) in [6.45, 7) is 9.28. The lowest BCUT2D eigenvalue weighted by Gasteiger charge is -2.36. The van der Waals surface area contributed by atoms with Crippen molar-refractivity contribution in [3.63, 3.8) is 0 Å². The number of hydrogen-bond donors (Lipinski definition) is 1. The monoisotopic (exact) mass is 503 g/mol. The van der Waals surface area contributed by atoms with Crippen LogP contribution in [0.25, 0.3) is 5.69 Å². The van der Waals surface area contributed by atoms with Crippen molar-refractivity contribution in [2.75, 3.05) is 31.5 Å². The third-order valence-corrected chi connectivity index (χ3v) is 6.99. The minimum atomic E-state index is -0.237. The Balaban J connectivity index is 1.14. The van der Waals surface area contributed by atoms with E-state index in [0.717, 1.165) is 55.4 Å². The first-order chi connectivity index (χ1) is 17.5. The van der Waals surface area contributed by atoms with E-state index >= 15 is 0 Å². The van der Waals surface area contributed by atoms with Crippen LogP contribution in [-0.2, 0) is 13.1 Å². The normalized spacial score (nSPS) is 14.2. The molecule has 0 spiro atoms. The van der Waals surface area contributed by atoms with Crippen LogP contribution in [0.3, 0.4) is 0 Å². The average molecular weight is 504 g/mol. The number of para-hydroxylation sites is 1. The van der Waals surface area contributed by atoms with Gasteiger partial charge in [0.25, 0.3) is 0 Å². The zero-order valence-corrected chi connectivity index (χ0v) is 21.4. The van der Waals surface area contributed by atoms with Gasteiger partial charge in [-0.05, 0) is 55.9 Å². The zero-order chi connectivity index (χ0) is 25.1. The highest BCUT2D eigenvalue weighted by atomic mass is 32.1. The van der Waals surface area contributed by atoms with Crippen LogP contribution in [0.2, 0.25) is 0 Å². The predicted octanol–water partition coefficient (Wildman–Crippen LogP) is 4.39. The van der Waals surface area contributed by atoms with Crippen LogP contribution >= 0.6 is 12.2 Å². The maximum absolute atomic E-state index is 13.1. The third-order valence-electron chi connectivity index (χ3n) is 6.63. The molecule has 0 bridgehead atoms. The Hall–Kier alpha value is -3.56. The molecule has 1 aliphatic heterocycles. The van der Waals surface area contributed by atoms with Crippen LogP contribution in [0.1, 0.15) is 22.5 Å². The lowest BCUT2D eigenvalue weighted by Crippen LogP contribution is -2.49. The number of nitrogens with one attached hydrogen (secondary N) is 1. The van der Waals surface area contributed by atoms with Gasteiger partial charge < -0.3 is 10.2 Å². The Kier molecular flexibility index (Phi) is 7.11. The van der Waals surface area contributed by atoms with E-state index < -0.39 is 0 Å². The van der Waals surface area contributed by atoms with E-state index in [2.05, 4.69) is 46.2 Å². The van der Waals surface area contributed by atoms with E-state index in [4.69, 9.17) is 17.3 Å². The largest absolute Gasteiger partial charge is 0.346 e. The minimum Gasteiger partial charge on any atom is -0.346 e. The molecule has 1 aliphatic rings. The molecule has 0 atom stereocenters. The standard InChI is InChI=1S/C27H30FN7S/c1-20-26(21(2)35(31-20)25-6-4-3-5-7-25)19-32-12-14-33(15-13-32)27(36)30-24-16-29-34(18-24)17-22-8-10-23(28)11-9-22/h3-11,16,18H,12-15,17,19H2,1-2H3,(H,30,36). The highest BCUT2D eigenvalue weighted by molar-refractivity contribution is 7.80. The Morgan fingerprint density at radius 3 is 2.42 bits per heavy atom. The topological polar surface area (TPSA) is 54.2 Å². The molecular weight excluding hydrogens is 473 g/mol. The van der Waals surface area contributed by atoms with E-state index in [-0.39, 0.29) is 5.82 Å². The first-order valence-electron chi connectivity index (χ1n) is 12.1. The van der Waals surface area contributed by atoms with E-state index in [1.807, 2.05) is 33.8 Å². The molecule has 9 heteroatoms. The zero-order valence-electron chi connectivity index (χ0n) is 20.6. The lowest BCUT2D eigenvalue weighted by molar-refractivity contribution is 0.176. The van der Waals surface area contributed by atoms with Crippen molar-refractivity contribution in [2.24, 2.45) is 0 Å². The molecule has 0 aliphatic carbocycles. The maximum atomic E-state index is 13.1. The summed E-state index contributed by atoms with van der Waals surface area (Å²) in [4.78, 5) is 4.67. The highest BCUT2D eigenvalue weighted by Crippen LogP contribution is 2.20. The molecule has 1 N–H and O–H groups in total. The summed E-state index contributed by atoms with van der Waals surface area (Å²) in [5, 5.41) is 13.2. The van der Waals surface area contributed by atoms with Crippen LogP contribution in [0.15, 0.2) is 67.0 Å². The van der Waals surface area contributed by atoms with Gasteiger partial charge in [-0.1, -0.05) is 30.3 Å². The maximum Gasteiger partial charge on any atom is 0.173 e. The number of nitrogens with zero attached hydrogens (tertiary/aromatic N) is 6. The van der Waals surface area contributed by atoms with Crippen molar-refractivity contribution >= 4 is 23.0 Å². The number of aryl methyl sites for hydroxylation is 1. The molecule has 1 saturated heterocycles. The summed E-state index contributed by atoms with van der Waals surface area (Å²) in [5.41, 5.74) is 6.49. The van der Waals surface area contributed by atoms with Crippen molar-refractivity contribution in [1.82, 2.24) is 29.4 Å². The molecule has 3 heterocycles. The number of thiocarbonyl (C=S) groups is 1. The molecule has 186 valence electrons. The second-order valence-electron chi connectivity index (χ2n) is 9.14. The highest BCUT2D eigenvalue weighted by Gasteiger charge is 2.22. The number of hydrogen-bond acceptors (Lipinski definition) is 4. The Labute approximate surface area is 216 Å². The predicted molar refractivity (Wildman–Crippen MR) is 144 cm³/mol. The molecule has 7 nitrogen and oxygen atoms in total. The molecule has 0 radical (unpaired) electrons. The Bertz CT molecular complexity index is 1320. The van der Waals surface area contributed by atoms with E-state index in [9.17, 15) is 4.39 Å². The molecule has 4 aromatic rings.